The first-order valence-corrected chi connectivity index (χ1v) is 7.96. The fourth-order valence-electron chi connectivity index (χ4n) is 1.91. The van der Waals surface area contributed by atoms with Crippen LogP contribution in [-0.2, 0) is 10.0 Å². The van der Waals surface area contributed by atoms with E-state index >= 15 is 0 Å². The summed E-state index contributed by atoms with van der Waals surface area (Å²) in [7, 11) is -3.24. The smallest absolute Gasteiger partial charge is 0.233 e. The molecule has 1 aromatic carbocycles. The fourth-order valence-corrected chi connectivity index (χ4v) is 3.65. The predicted octanol–water partition coefficient (Wildman–Crippen LogP) is 1.80. The summed E-state index contributed by atoms with van der Waals surface area (Å²) >= 11 is 3.31. The zero-order valence-electron chi connectivity index (χ0n) is 9.32. The SMILES string of the molecule is O=S(=O)(CC1CCNC1)Nc1ccc(Br)cc1. The third-order valence-corrected chi connectivity index (χ3v) is 4.72. The molecule has 0 saturated carbocycles. The maximum Gasteiger partial charge on any atom is 0.233 e. The molecule has 1 atom stereocenters. The van der Waals surface area contributed by atoms with Gasteiger partial charge < -0.3 is 5.32 Å². The van der Waals surface area contributed by atoms with Crippen LogP contribution in [0.5, 0.6) is 0 Å². The second kappa shape index (κ2) is 5.37. The quantitative estimate of drug-likeness (QED) is 0.890. The highest BCUT2D eigenvalue weighted by Gasteiger charge is 2.22. The lowest BCUT2D eigenvalue weighted by atomic mass is 10.2. The molecule has 0 amide bonds. The van der Waals surface area contributed by atoms with Gasteiger partial charge in [0.05, 0.1) is 5.75 Å². The molecule has 1 fully saturated rings. The molecular weight excluding hydrogens is 304 g/mol. The number of hydrogen-bond acceptors (Lipinski definition) is 3. The highest BCUT2D eigenvalue weighted by molar-refractivity contribution is 9.10. The van der Waals surface area contributed by atoms with Gasteiger partial charge in [-0.2, -0.15) is 0 Å². The number of rotatable bonds is 4. The van der Waals surface area contributed by atoms with E-state index in [9.17, 15) is 8.42 Å². The molecule has 1 aromatic rings. The van der Waals surface area contributed by atoms with Gasteiger partial charge in [0.15, 0.2) is 0 Å². The van der Waals surface area contributed by atoms with Crippen LogP contribution in [0, 0.1) is 5.92 Å². The van der Waals surface area contributed by atoms with Gasteiger partial charge in [-0.15, -0.1) is 0 Å². The molecule has 1 unspecified atom stereocenters. The summed E-state index contributed by atoms with van der Waals surface area (Å²) < 4.78 is 27.3. The number of nitrogens with one attached hydrogen (secondary N) is 2. The van der Waals surface area contributed by atoms with E-state index in [1.807, 2.05) is 12.1 Å². The number of halogens is 1. The van der Waals surface area contributed by atoms with Gasteiger partial charge in [-0.3, -0.25) is 4.72 Å². The van der Waals surface area contributed by atoms with E-state index in [4.69, 9.17) is 0 Å². The maximum atomic E-state index is 11.9. The molecule has 1 aliphatic rings. The summed E-state index contributed by atoms with van der Waals surface area (Å²) in [6, 6.07) is 7.12. The van der Waals surface area contributed by atoms with Crippen LogP contribution in [0.25, 0.3) is 0 Å². The molecule has 0 radical (unpaired) electrons. The molecule has 2 rings (SSSR count). The molecule has 0 aromatic heterocycles. The summed E-state index contributed by atoms with van der Waals surface area (Å²) in [4.78, 5) is 0. The Morgan fingerprint density at radius 2 is 2.06 bits per heavy atom. The first-order valence-electron chi connectivity index (χ1n) is 5.52. The highest BCUT2D eigenvalue weighted by Crippen LogP contribution is 2.17. The van der Waals surface area contributed by atoms with Crippen LogP contribution in [0.4, 0.5) is 5.69 Å². The molecule has 1 saturated heterocycles. The van der Waals surface area contributed by atoms with Crippen LogP contribution in [-0.4, -0.2) is 27.3 Å². The number of sulfonamides is 1. The van der Waals surface area contributed by atoms with Crippen molar-refractivity contribution in [1.82, 2.24) is 5.32 Å². The minimum atomic E-state index is -3.24. The molecule has 6 heteroatoms. The van der Waals surface area contributed by atoms with E-state index in [0.717, 1.165) is 24.0 Å². The van der Waals surface area contributed by atoms with E-state index in [1.54, 1.807) is 12.1 Å². The Bertz CT molecular complexity index is 467. The van der Waals surface area contributed by atoms with Crippen molar-refractivity contribution in [2.24, 2.45) is 5.92 Å². The average molecular weight is 319 g/mol. The van der Waals surface area contributed by atoms with E-state index in [2.05, 4.69) is 26.0 Å². The van der Waals surface area contributed by atoms with Crippen molar-refractivity contribution >= 4 is 31.6 Å². The van der Waals surface area contributed by atoms with Gasteiger partial charge in [0.25, 0.3) is 0 Å². The lowest BCUT2D eigenvalue weighted by Gasteiger charge is -2.11. The Morgan fingerprint density at radius 1 is 1.35 bits per heavy atom. The molecule has 1 heterocycles. The van der Waals surface area contributed by atoms with Crippen LogP contribution in [0.1, 0.15) is 6.42 Å². The molecule has 2 N–H and O–H groups in total. The molecule has 0 aliphatic carbocycles. The third-order valence-electron chi connectivity index (χ3n) is 2.74. The third kappa shape index (κ3) is 3.97. The van der Waals surface area contributed by atoms with Crippen molar-refractivity contribution in [3.63, 3.8) is 0 Å². The van der Waals surface area contributed by atoms with Gasteiger partial charge in [0, 0.05) is 10.2 Å². The van der Waals surface area contributed by atoms with E-state index in [-0.39, 0.29) is 11.7 Å². The first kappa shape index (κ1) is 12.9. The van der Waals surface area contributed by atoms with Crippen LogP contribution in [0.15, 0.2) is 28.7 Å². The zero-order chi connectivity index (χ0) is 12.3. The second-order valence-electron chi connectivity index (χ2n) is 4.25. The van der Waals surface area contributed by atoms with Crippen LogP contribution in [0.2, 0.25) is 0 Å². The van der Waals surface area contributed by atoms with Gasteiger partial charge in [-0.05, 0) is 49.7 Å². The van der Waals surface area contributed by atoms with Gasteiger partial charge in [-0.1, -0.05) is 15.9 Å². The van der Waals surface area contributed by atoms with Crippen molar-refractivity contribution in [3.05, 3.63) is 28.7 Å². The molecular formula is C11H15BrN2O2S. The number of hydrogen-bond donors (Lipinski definition) is 2. The van der Waals surface area contributed by atoms with Crippen molar-refractivity contribution in [2.75, 3.05) is 23.6 Å². The Kier molecular flexibility index (Phi) is 4.06. The van der Waals surface area contributed by atoms with Crippen molar-refractivity contribution in [3.8, 4) is 0 Å². The zero-order valence-corrected chi connectivity index (χ0v) is 11.7. The Labute approximate surface area is 110 Å². The Morgan fingerprint density at radius 3 is 2.65 bits per heavy atom. The fraction of sp³-hybridized carbons (Fsp3) is 0.455. The summed E-state index contributed by atoms with van der Waals surface area (Å²) in [5, 5.41) is 3.17. The first-order chi connectivity index (χ1) is 8.05. The molecule has 17 heavy (non-hydrogen) atoms. The van der Waals surface area contributed by atoms with Gasteiger partial charge in [0.1, 0.15) is 0 Å². The van der Waals surface area contributed by atoms with Gasteiger partial charge in [-0.25, -0.2) is 8.42 Å². The largest absolute Gasteiger partial charge is 0.316 e. The van der Waals surface area contributed by atoms with Crippen molar-refractivity contribution in [2.45, 2.75) is 6.42 Å². The monoisotopic (exact) mass is 318 g/mol. The van der Waals surface area contributed by atoms with E-state index in [1.165, 1.54) is 0 Å². The Hall–Kier alpha value is -0.590. The summed E-state index contributed by atoms with van der Waals surface area (Å²) in [5.74, 6) is 0.415. The highest BCUT2D eigenvalue weighted by atomic mass is 79.9. The number of benzene rings is 1. The lowest BCUT2D eigenvalue weighted by Crippen LogP contribution is -2.24. The van der Waals surface area contributed by atoms with Gasteiger partial charge in [0.2, 0.25) is 10.0 Å². The predicted molar refractivity (Wildman–Crippen MR) is 72.5 cm³/mol. The lowest BCUT2D eigenvalue weighted by molar-refractivity contribution is 0.575. The second-order valence-corrected chi connectivity index (χ2v) is 6.93. The van der Waals surface area contributed by atoms with Gasteiger partial charge >= 0.3 is 0 Å². The normalized spacial score (nSPS) is 20.4. The summed E-state index contributed by atoms with van der Waals surface area (Å²) in [5.41, 5.74) is 0.610. The Balaban J connectivity index is 1.98. The molecule has 1 aliphatic heterocycles. The molecule has 0 bridgehead atoms. The molecule has 4 nitrogen and oxygen atoms in total. The van der Waals surface area contributed by atoms with Crippen molar-refractivity contribution < 1.29 is 8.42 Å². The molecule has 0 spiro atoms. The average Bonchev–Trinajstić information content (AvgIpc) is 2.73. The molecule has 94 valence electrons. The van der Waals surface area contributed by atoms with E-state index < -0.39 is 10.0 Å². The maximum absolute atomic E-state index is 11.9. The summed E-state index contributed by atoms with van der Waals surface area (Å²) in [6.07, 6.45) is 0.932. The topological polar surface area (TPSA) is 58.2 Å². The minimum absolute atomic E-state index is 0.191. The van der Waals surface area contributed by atoms with Crippen LogP contribution >= 0.6 is 15.9 Å². The van der Waals surface area contributed by atoms with Crippen LogP contribution < -0.4 is 10.0 Å². The van der Waals surface area contributed by atoms with Crippen LogP contribution in [0.3, 0.4) is 0 Å². The van der Waals surface area contributed by atoms with E-state index in [0.29, 0.717) is 5.69 Å². The summed E-state index contributed by atoms with van der Waals surface area (Å²) in [6.45, 7) is 1.71. The minimum Gasteiger partial charge on any atom is -0.316 e. The number of anilines is 1. The standard InChI is InChI=1S/C11H15BrN2O2S/c12-10-1-3-11(4-2-10)14-17(15,16)8-9-5-6-13-7-9/h1-4,9,13-14H,5-8H2. The van der Waals surface area contributed by atoms with Crippen molar-refractivity contribution in [1.29, 1.82) is 0 Å².